The molecule has 4 N–H and O–H groups in total. The second-order valence-electron chi connectivity index (χ2n) is 3.54. The van der Waals surface area contributed by atoms with Gasteiger partial charge in [-0.25, -0.2) is 9.59 Å². The molecule has 1 aliphatic rings. The van der Waals surface area contributed by atoms with Crippen LogP contribution in [0.1, 0.15) is 12.8 Å². The third-order valence-corrected chi connectivity index (χ3v) is 2.30. The molecule has 18 heavy (non-hydrogen) atoms. The van der Waals surface area contributed by atoms with E-state index in [1.165, 1.54) is 7.05 Å². The molecule has 0 aromatic heterocycles. The van der Waals surface area contributed by atoms with Crippen molar-refractivity contribution in [3.05, 3.63) is 0 Å². The van der Waals surface area contributed by atoms with E-state index in [4.69, 9.17) is 10.8 Å². The van der Waals surface area contributed by atoms with Gasteiger partial charge in [-0.15, -0.1) is 0 Å². The van der Waals surface area contributed by atoms with Crippen LogP contribution < -0.4 is 11.1 Å². The highest BCUT2D eigenvalue weighted by Gasteiger charge is 2.39. The van der Waals surface area contributed by atoms with Gasteiger partial charge in [0.15, 0.2) is 12.0 Å². The Hall–Kier alpha value is -2.32. The number of carboxylic acids is 1. The van der Waals surface area contributed by atoms with Crippen molar-refractivity contribution in [3.8, 4) is 0 Å². The number of nitrogens with two attached hydrogens (primary N) is 1. The summed E-state index contributed by atoms with van der Waals surface area (Å²) in [5.74, 6) is -2.53. The molecule has 0 spiro atoms. The number of nitrogens with zero attached hydrogens (tertiary/aromatic N) is 2. The Balaban J connectivity index is 2.52. The lowest BCUT2D eigenvalue weighted by Crippen LogP contribution is -2.43. The Morgan fingerprint density at radius 3 is 2.89 bits per heavy atom. The number of hydrogen-bond donors (Lipinski definition) is 3. The fourth-order valence-electron chi connectivity index (χ4n) is 1.38. The number of hydrogen-bond acceptors (Lipinski definition) is 5. The molecular weight excluding hydrogens is 244 g/mol. The molecule has 100 valence electrons. The van der Waals surface area contributed by atoms with Crippen LogP contribution in [0.5, 0.6) is 0 Å². The van der Waals surface area contributed by atoms with Gasteiger partial charge in [0, 0.05) is 13.5 Å². The standard InChI is InChI=1S/C9H14N4O5/c1-11-9(10)12-4-7(15)18-13-5(8(16)17)2-3-6(13)14/h5H,2-4H2,1H3,(H,16,17)(H3,10,11,12)/t5-/m0/s1. The van der Waals surface area contributed by atoms with E-state index in [-0.39, 0.29) is 25.3 Å². The number of guanidine groups is 1. The third kappa shape index (κ3) is 3.34. The highest BCUT2D eigenvalue weighted by molar-refractivity contribution is 5.88. The van der Waals surface area contributed by atoms with Gasteiger partial charge in [0.25, 0.3) is 5.91 Å². The van der Waals surface area contributed by atoms with Crippen LogP contribution in [0, 0.1) is 0 Å². The molecule has 9 nitrogen and oxygen atoms in total. The summed E-state index contributed by atoms with van der Waals surface area (Å²) in [6, 6.07) is -1.13. The molecule has 0 aromatic carbocycles. The van der Waals surface area contributed by atoms with E-state index < -0.39 is 23.9 Å². The van der Waals surface area contributed by atoms with Crippen molar-refractivity contribution in [3.63, 3.8) is 0 Å². The number of aliphatic imine (C=N–C) groups is 1. The summed E-state index contributed by atoms with van der Waals surface area (Å²) in [5.41, 5.74) is 5.29. The molecule has 0 unspecified atom stereocenters. The van der Waals surface area contributed by atoms with Gasteiger partial charge in [-0.05, 0) is 6.42 Å². The minimum atomic E-state index is -1.21. The second-order valence-corrected chi connectivity index (χ2v) is 3.54. The fraction of sp³-hybridized carbons (Fsp3) is 0.556. The SMILES string of the molecule is CN=C(N)NCC(=O)ON1C(=O)CC[C@H]1C(=O)O. The van der Waals surface area contributed by atoms with Gasteiger partial charge in [0.1, 0.15) is 6.54 Å². The van der Waals surface area contributed by atoms with E-state index in [1.54, 1.807) is 0 Å². The average molecular weight is 258 g/mol. The van der Waals surface area contributed by atoms with Gasteiger partial charge < -0.3 is 21.0 Å². The van der Waals surface area contributed by atoms with Crippen molar-refractivity contribution in [2.75, 3.05) is 13.6 Å². The Bertz CT molecular complexity index is 394. The normalized spacial score (nSPS) is 19.8. The molecule has 1 atom stereocenters. The minimum Gasteiger partial charge on any atom is -0.480 e. The lowest BCUT2D eigenvalue weighted by atomic mass is 10.2. The highest BCUT2D eigenvalue weighted by atomic mass is 16.7. The van der Waals surface area contributed by atoms with Crippen LogP contribution in [-0.4, -0.2) is 53.6 Å². The molecule has 9 heteroatoms. The van der Waals surface area contributed by atoms with Crippen LogP contribution in [0.2, 0.25) is 0 Å². The Morgan fingerprint density at radius 2 is 2.33 bits per heavy atom. The fourth-order valence-corrected chi connectivity index (χ4v) is 1.38. The summed E-state index contributed by atoms with van der Waals surface area (Å²) >= 11 is 0. The zero-order chi connectivity index (χ0) is 13.7. The number of carboxylic acid groups (broad SMARTS) is 1. The zero-order valence-corrected chi connectivity index (χ0v) is 9.75. The number of carbonyl (C=O) groups excluding carboxylic acids is 2. The largest absolute Gasteiger partial charge is 0.480 e. The Labute approximate surface area is 103 Å². The number of nitrogens with one attached hydrogen (secondary N) is 1. The van der Waals surface area contributed by atoms with Gasteiger partial charge in [-0.2, -0.15) is 5.06 Å². The molecule has 1 heterocycles. The Kier molecular flexibility index (Phi) is 4.46. The van der Waals surface area contributed by atoms with E-state index in [0.29, 0.717) is 5.06 Å². The van der Waals surface area contributed by atoms with Crippen LogP contribution in [-0.2, 0) is 19.2 Å². The molecule has 1 saturated heterocycles. The zero-order valence-electron chi connectivity index (χ0n) is 9.75. The first-order chi connectivity index (χ1) is 8.45. The molecule has 0 aliphatic carbocycles. The van der Waals surface area contributed by atoms with Crippen molar-refractivity contribution >= 4 is 23.8 Å². The minimum absolute atomic E-state index is 0.0366. The summed E-state index contributed by atoms with van der Waals surface area (Å²) in [6.07, 6.45) is 0.156. The van der Waals surface area contributed by atoms with Crippen molar-refractivity contribution in [1.29, 1.82) is 0 Å². The highest BCUT2D eigenvalue weighted by Crippen LogP contribution is 2.19. The molecule has 0 bridgehead atoms. The van der Waals surface area contributed by atoms with Crippen LogP contribution in [0.3, 0.4) is 0 Å². The van der Waals surface area contributed by atoms with Gasteiger partial charge in [0.05, 0.1) is 0 Å². The molecular formula is C9H14N4O5. The predicted molar refractivity (Wildman–Crippen MR) is 59.1 cm³/mol. The maximum Gasteiger partial charge on any atom is 0.351 e. The number of amides is 1. The average Bonchev–Trinajstić information content (AvgIpc) is 2.68. The number of aliphatic carboxylic acids is 1. The molecule has 0 aromatic rings. The van der Waals surface area contributed by atoms with E-state index >= 15 is 0 Å². The maximum absolute atomic E-state index is 11.4. The summed E-state index contributed by atoms with van der Waals surface area (Å²) < 4.78 is 0. The van der Waals surface area contributed by atoms with Crippen molar-refractivity contribution < 1.29 is 24.3 Å². The first-order valence-corrected chi connectivity index (χ1v) is 5.17. The van der Waals surface area contributed by atoms with Crippen molar-refractivity contribution in [2.45, 2.75) is 18.9 Å². The monoisotopic (exact) mass is 258 g/mol. The smallest absolute Gasteiger partial charge is 0.351 e. The molecule has 0 saturated carbocycles. The van der Waals surface area contributed by atoms with Gasteiger partial charge in [0.2, 0.25) is 0 Å². The first kappa shape index (κ1) is 13.7. The number of rotatable bonds is 4. The van der Waals surface area contributed by atoms with E-state index in [2.05, 4.69) is 15.1 Å². The summed E-state index contributed by atoms with van der Waals surface area (Å²) in [6.45, 7) is -0.306. The van der Waals surface area contributed by atoms with Gasteiger partial charge in [-0.1, -0.05) is 0 Å². The third-order valence-electron chi connectivity index (χ3n) is 2.30. The lowest BCUT2D eigenvalue weighted by Gasteiger charge is -2.19. The number of hydroxylamine groups is 2. The maximum atomic E-state index is 11.4. The number of carbonyl (C=O) groups is 3. The summed E-state index contributed by atoms with van der Waals surface area (Å²) in [4.78, 5) is 41.7. The second kappa shape index (κ2) is 5.84. The lowest BCUT2D eigenvalue weighted by molar-refractivity contribution is -0.203. The molecule has 1 fully saturated rings. The quantitative estimate of drug-likeness (QED) is 0.394. The molecule has 1 rings (SSSR count). The molecule has 1 aliphatic heterocycles. The van der Waals surface area contributed by atoms with Crippen LogP contribution in [0.25, 0.3) is 0 Å². The first-order valence-electron chi connectivity index (χ1n) is 5.17. The van der Waals surface area contributed by atoms with Crippen LogP contribution >= 0.6 is 0 Å². The van der Waals surface area contributed by atoms with E-state index in [9.17, 15) is 14.4 Å². The van der Waals surface area contributed by atoms with E-state index in [0.717, 1.165) is 0 Å². The summed E-state index contributed by atoms with van der Waals surface area (Å²) in [7, 11) is 1.43. The van der Waals surface area contributed by atoms with Crippen molar-refractivity contribution in [1.82, 2.24) is 10.4 Å². The molecule has 1 amide bonds. The van der Waals surface area contributed by atoms with Crippen molar-refractivity contribution in [2.24, 2.45) is 10.7 Å². The van der Waals surface area contributed by atoms with Gasteiger partial charge in [-0.3, -0.25) is 9.79 Å². The molecule has 0 radical (unpaired) electrons. The van der Waals surface area contributed by atoms with Crippen LogP contribution in [0.15, 0.2) is 4.99 Å². The summed E-state index contributed by atoms with van der Waals surface area (Å²) in [5, 5.41) is 11.9. The van der Waals surface area contributed by atoms with Crippen LogP contribution in [0.4, 0.5) is 0 Å². The predicted octanol–water partition coefficient (Wildman–Crippen LogP) is -1.95. The van der Waals surface area contributed by atoms with Gasteiger partial charge >= 0.3 is 11.9 Å². The van der Waals surface area contributed by atoms with E-state index in [1.807, 2.05) is 0 Å². The Morgan fingerprint density at radius 1 is 1.67 bits per heavy atom. The topological polar surface area (TPSA) is 134 Å².